The Labute approximate surface area is 86.3 Å². The van der Waals surface area contributed by atoms with Crippen molar-refractivity contribution in [3.63, 3.8) is 0 Å². The van der Waals surface area contributed by atoms with Crippen LogP contribution >= 0.6 is 12.4 Å². The van der Waals surface area contributed by atoms with E-state index in [2.05, 4.69) is 5.32 Å². The predicted molar refractivity (Wildman–Crippen MR) is 47.8 cm³/mol. The van der Waals surface area contributed by atoms with Crippen molar-refractivity contribution in [1.82, 2.24) is 5.32 Å². The van der Waals surface area contributed by atoms with Gasteiger partial charge in [-0.05, 0) is 12.3 Å². The Morgan fingerprint density at radius 1 is 1.50 bits per heavy atom. The third-order valence-corrected chi connectivity index (χ3v) is 3.12. The van der Waals surface area contributed by atoms with Crippen molar-refractivity contribution < 1.29 is 18.7 Å². The zero-order chi connectivity index (χ0) is 9.64. The van der Waals surface area contributed by atoms with E-state index in [1.807, 2.05) is 0 Å². The zero-order valence-electron chi connectivity index (χ0n) is 7.37. The number of fused-ring (bicyclic) bond motifs is 1. The van der Waals surface area contributed by atoms with Crippen LogP contribution in [0.25, 0.3) is 0 Å². The number of rotatable bonds is 1. The van der Waals surface area contributed by atoms with Crippen molar-refractivity contribution >= 4 is 18.4 Å². The summed E-state index contributed by atoms with van der Waals surface area (Å²) in [5.74, 6) is -4.83. The Balaban J connectivity index is 0.000000980. The molecule has 0 unspecified atom stereocenters. The molecule has 3 atom stereocenters. The van der Waals surface area contributed by atoms with Crippen LogP contribution in [0, 0.1) is 11.8 Å². The molecule has 0 aromatic carbocycles. The number of carboxylic acid groups (broad SMARTS) is 1. The maximum atomic E-state index is 13.1. The van der Waals surface area contributed by atoms with Crippen LogP contribution in [-0.4, -0.2) is 29.6 Å². The third kappa shape index (κ3) is 1.59. The van der Waals surface area contributed by atoms with Gasteiger partial charge in [0.1, 0.15) is 6.04 Å². The van der Waals surface area contributed by atoms with Crippen molar-refractivity contribution in [2.75, 3.05) is 6.54 Å². The maximum absolute atomic E-state index is 13.1. The molecule has 2 fully saturated rings. The molecule has 2 aliphatic rings. The highest BCUT2D eigenvalue weighted by Crippen LogP contribution is 2.47. The monoisotopic (exact) mass is 227 g/mol. The second-order valence-electron chi connectivity index (χ2n) is 3.79. The van der Waals surface area contributed by atoms with E-state index in [4.69, 9.17) is 5.11 Å². The van der Waals surface area contributed by atoms with Gasteiger partial charge in [0, 0.05) is 18.9 Å². The summed E-state index contributed by atoms with van der Waals surface area (Å²) < 4.78 is 26.2. The molecule has 6 heteroatoms. The van der Waals surface area contributed by atoms with E-state index in [9.17, 15) is 13.6 Å². The van der Waals surface area contributed by atoms with Gasteiger partial charge in [-0.25, -0.2) is 8.78 Å². The van der Waals surface area contributed by atoms with Gasteiger partial charge in [-0.15, -0.1) is 12.4 Å². The lowest BCUT2D eigenvalue weighted by atomic mass is 9.93. The van der Waals surface area contributed by atoms with Gasteiger partial charge in [-0.1, -0.05) is 0 Å². The molecule has 14 heavy (non-hydrogen) atoms. The molecule has 3 nitrogen and oxygen atoms in total. The van der Waals surface area contributed by atoms with Gasteiger partial charge in [0.2, 0.25) is 0 Å². The number of hydrogen-bond acceptors (Lipinski definition) is 2. The van der Waals surface area contributed by atoms with Gasteiger partial charge in [0.25, 0.3) is 5.92 Å². The first-order valence-corrected chi connectivity index (χ1v) is 4.36. The summed E-state index contributed by atoms with van der Waals surface area (Å²) in [6, 6.07) is -0.765. The van der Waals surface area contributed by atoms with Crippen LogP contribution in [-0.2, 0) is 4.79 Å². The van der Waals surface area contributed by atoms with E-state index in [1.165, 1.54) is 0 Å². The highest BCUT2D eigenvalue weighted by Gasteiger charge is 2.56. The Morgan fingerprint density at radius 3 is 2.71 bits per heavy atom. The minimum atomic E-state index is -2.66. The van der Waals surface area contributed by atoms with Gasteiger partial charge in [0.15, 0.2) is 0 Å². The van der Waals surface area contributed by atoms with Crippen molar-refractivity contribution in [2.24, 2.45) is 11.8 Å². The van der Waals surface area contributed by atoms with Gasteiger partial charge < -0.3 is 10.4 Å². The van der Waals surface area contributed by atoms with Crippen molar-refractivity contribution in [3.8, 4) is 0 Å². The number of alkyl halides is 2. The fourth-order valence-corrected chi connectivity index (χ4v) is 2.43. The summed E-state index contributed by atoms with van der Waals surface area (Å²) in [6.45, 7) is 0.134. The van der Waals surface area contributed by atoms with Gasteiger partial charge in [0.05, 0.1) is 0 Å². The lowest BCUT2D eigenvalue weighted by molar-refractivity contribution is -0.140. The summed E-state index contributed by atoms with van der Waals surface area (Å²) in [5.41, 5.74) is 0. The number of carbonyl (C=O) groups is 1. The Kier molecular flexibility index (Phi) is 3.02. The molecule has 2 N–H and O–H groups in total. The predicted octanol–water partition coefficient (Wildman–Crippen LogP) is 1.13. The van der Waals surface area contributed by atoms with E-state index in [0.717, 1.165) is 0 Å². The summed E-state index contributed by atoms with van der Waals surface area (Å²) >= 11 is 0. The van der Waals surface area contributed by atoms with Crippen LogP contribution < -0.4 is 5.32 Å². The molecule has 0 spiro atoms. The topological polar surface area (TPSA) is 49.3 Å². The fourth-order valence-electron chi connectivity index (χ4n) is 2.43. The first-order chi connectivity index (χ1) is 6.02. The van der Waals surface area contributed by atoms with E-state index >= 15 is 0 Å². The SMILES string of the molecule is Cl.O=C(O)[C@H]1NC[C@@H]2[C@@H]1CCC2(F)F. The number of halogens is 3. The highest BCUT2D eigenvalue weighted by atomic mass is 35.5. The minimum Gasteiger partial charge on any atom is -0.480 e. The Morgan fingerprint density at radius 2 is 2.14 bits per heavy atom. The largest absolute Gasteiger partial charge is 0.480 e. The number of carboxylic acids is 1. The Hall–Kier alpha value is -0.420. The van der Waals surface area contributed by atoms with Crippen LogP contribution in [0.4, 0.5) is 8.78 Å². The first-order valence-electron chi connectivity index (χ1n) is 4.36. The van der Waals surface area contributed by atoms with Gasteiger partial charge in [-0.3, -0.25) is 4.79 Å². The van der Waals surface area contributed by atoms with Gasteiger partial charge >= 0.3 is 5.97 Å². The second kappa shape index (κ2) is 3.62. The van der Waals surface area contributed by atoms with Crippen LogP contribution in [0.2, 0.25) is 0 Å². The quantitative estimate of drug-likeness (QED) is 0.706. The smallest absolute Gasteiger partial charge is 0.320 e. The van der Waals surface area contributed by atoms with Crippen molar-refractivity contribution in [3.05, 3.63) is 0 Å². The number of aliphatic carboxylic acids is 1. The van der Waals surface area contributed by atoms with Crippen molar-refractivity contribution in [2.45, 2.75) is 24.8 Å². The van der Waals surface area contributed by atoms with Crippen LogP contribution in [0.5, 0.6) is 0 Å². The second-order valence-corrected chi connectivity index (χ2v) is 3.79. The van der Waals surface area contributed by atoms with E-state index in [-0.39, 0.29) is 31.3 Å². The fraction of sp³-hybridized carbons (Fsp3) is 0.875. The molecule has 0 bridgehead atoms. The van der Waals surface area contributed by atoms with Gasteiger partial charge in [-0.2, -0.15) is 0 Å². The molecule has 0 radical (unpaired) electrons. The van der Waals surface area contributed by atoms with Crippen LogP contribution in [0.15, 0.2) is 0 Å². The maximum Gasteiger partial charge on any atom is 0.320 e. The first kappa shape index (κ1) is 11.7. The lowest BCUT2D eigenvalue weighted by Gasteiger charge is -2.16. The third-order valence-electron chi connectivity index (χ3n) is 3.12. The number of hydrogen-bond donors (Lipinski definition) is 2. The van der Waals surface area contributed by atoms with Crippen LogP contribution in [0.3, 0.4) is 0 Å². The molecule has 1 heterocycles. The molecular formula is C8H12ClF2NO2. The van der Waals surface area contributed by atoms with E-state index in [1.54, 1.807) is 0 Å². The average molecular weight is 228 g/mol. The molecule has 82 valence electrons. The van der Waals surface area contributed by atoms with E-state index < -0.39 is 23.9 Å². The summed E-state index contributed by atoms with van der Waals surface area (Å²) in [4.78, 5) is 10.6. The summed E-state index contributed by atoms with van der Waals surface area (Å²) in [6.07, 6.45) is 0.162. The lowest BCUT2D eigenvalue weighted by Crippen LogP contribution is -2.35. The molecule has 1 aliphatic carbocycles. The highest BCUT2D eigenvalue weighted by molar-refractivity contribution is 5.85. The molecule has 0 amide bonds. The molecule has 2 rings (SSSR count). The molecule has 0 aromatic heterocycles. The average Bonchev–Trinajstić information content (AvgIpc) is 2.52. The molecular weight excluding hydrogens is 216 g/mol. The molecule has 1 saturated heterocycles. The summed E-state index contributed by atoms with van der Waals surface area (Å²) in [7, 11) is 0. The molecule has 1 saturated carbocycles. The summed E-state index contributed by atoms with van der Waals surface area (Å²) in [5, 5.41) is 11.4. The normalized spacial score (nSPS) is 38.9. The van der Waals surface area contributed by atoms with Crippen LogP contribution in [0.1, 0.15) is 12.8 Å². The zero-order valence-corrected chi connectivity index (χ0v) is 8.19. The number of nitrogens with one attached hydrogen (secondary N) is 1. The van der Waals surface area contributed by atoms with E-state index in [0.29, 0.717) is 6.42 Å². The Bertz CT molecular complexity index is 249. The molecule has 0 aromatic rings. The van der Waals surface area contributed by atoms with Crippen molar-refractivity contribution in [1.29, 1.82) is 0 Å². The molecule has 1 aliphatic heterocycles. The minimum absolute atomic E-state index is 0. The standard InChI is InChI=1S/C8H11F2NO2.ClH/c9-8(10)2-1-4-5(8)3-11-6(4)7(12)13;/h4-6,11H,1-3H2,(H,12,13);1H/t4-,5+,6-;/m0./s1.